The Balaban J connectivity index is 1.74. The summed E-state index contributed by atoms with van der Waals surface area (Å²) < 4.78 is 5.38. The Hall–Kier alpha value is -2.14. The summed E-state index contributed by atoms with van der Waals surface area (Å²) in [5.74, 6) is 0.658. The Morgan fingerprint density at radius 2 is 1.86 bits per heavy atom. The Labute approximate surface area is 131 Å². The molecule has 0 amide bonds. The van der Waals surface area contributed by atoms with E-state index in [1.54, 1.807) is 24.5 Å². The first-order valence-corrected chi connectivity index (χ1v) is 8.26. The quantitative estimate of drug-likeness (QED) is 0.422. The fourth-order valence-electron chi connectivity index (χ4n) is 2.92. The van der Waals surface area contributed by atoms with Gasteiger partial charge >= 0.3 is 5.63 Å². The highest BCUT2D eigenvalue weighted by molar-refractivity contribution is 7.98. The van der Waals surface area contributed by atoms with Gasteiger partial charge in [0.25, 0.3) is 0 Å². The third kappa shape index (κ3) is 2.52. The number of aromatic nitrogens is 2. The Morgan fingerprint density at radius 1 is 1.09 bits per heavy atom. The second kappa shape index (κ2) is 5.57. The van der Waals surface area contributed by atoms with E-state index in [0.717, 1.165) is 23.8 Å². The molecule has 0 fully saturated rings. The van der Waals surface area contributed by atoms with Crippen LogP contribution in [0.4, 0.5) is 0 Å². The lowest BCUT2D eigenvalue weighted by Crippen LogP contribution is -2.01. The summed E-state index contributed by atoms with van der Waals surface area (Å²) in [5, 5.41) is 1.74. The second-order valence-electron chi connectivity index (χ2n) is 5.38. The molecule has 5 heteroatoms. The van der Waals surface area contributed by atoms with Crippen LogP contribution in [0.5, 0.6) is 0 Å². The third-order valence-corrected chi connectivity index (χ3v) is 4.87. The zero-order valence-corrected chi connectivity index (χ0v) is 12.7. The average Bonchev–Trinajstić information content (AvgIpc) is 2.99. The first-order valence-electron chi connectivity index (χ1n) is 7.28. The summed E-state index contributed by atoms with van der Waals surface area (Å²) in [6.45, 7) is 0. The van der Waals surface area contributed by atoms with Crippen LogP contribution in [0.25, 0.3) is 11.0 Å². The fraction of sp³-hybridized carbons (Fsp3) is 0.235. The van der Waals surface area contributed by atoms with Gasteiger partial charge in [0.15, 0.2) is 5.16 Å². The van der Waals surface area contributed by atoms with Crippen molar-refractivity contribution in [3.8, 4) is 0 Å². The molecule has 1 aliphatic rings. The molecular formula is C17H14N2O2S. The number of aryl methyl sites for hydroxylation is 2. The highest BCUT2D eigenvalue weighted by Gasteiger charge is 2.15. The SMILES string of the molecule is O=c1cc(CSc2ncccn2)c2cc3c(cc2o1)CCC3. The van der Waals surface area contributed by atoms with E-state index in [4.69, 9.17) is 4.42 Å². The summed E-state index contributed by atoms with van der Waals surface area (Å²) in [7, 11) is 0. The number of benzene rings is 1. The Bertz CT molecular complexity index is 890. The van der Waals surface area contributed by atoms with E-state index in [0.29, 0.717) is 16.5 Å². The minimum atomic E-state index is -0.296. The average molecular weight is 310 g/mol. The Kier molecular flexibility index (Phi) is 3.42. The molecule has 22 heavy (non-hydrogen) atoms. The summed E-state index contributed by atoms with van der Waals surface area (Å²) in [4.78, 5) is 20.2. The van der Waals surface area contributed by atoms with Gasteiger partial charge in [0.1, 0.15) is 5.58 Å². The largest absolute Gasteiger partial charge is 0.423 e. The van der Waals surface area contributed by atoms with Crippen molar-refractivity contribution >= 4 is 22.7 Å². The van der Waals surface area contributed by atoms with Crippen LogP contribution in [0.1, 0.15) is 23.1 Å². The maximum atomic E-state index is 11.8. The molecule has 0 bridgehead atoms. The van der Waals surface area contributed by atoms with Crippen molar-refractivity contribution < 1.29 is 4.42 Å². The van der Waals surface area contributed by atoms with Crippen molar-refractivity contribution in [3.63, 3.8) is 0 Å². The summed E-state index contributed by atoms with van der Waals surface area (Å²) in [6.07, 6.45) is 6.81. The van der Waals surface area contributed by atoms with Crippen LogP contribution in [-0.4, -0.2) is 9.97 Å². The normalized spacial score (nSPS) is 13.5. The molecule has 2 heterocycles. The predicted octanol–water partition coefficient (Wildman–Crippen LogP) is 3.36. The van der Waals surface area contributed by atoms with E-state index >= 15 is 0 Å². The van der Waals surface area contributed by atoms with Gasteiger partial charge in [0.05, 0.1) is 0 Å². The van der Waals surface area contributed by atoms with Crippen LogP contribution in [0, 0.1) is 0 Å². The zero-order valence-electron chi connectivity index (χ0n) is 11.9. The van der Waals surface area contributed by atoms with E-state index in [9.17, 15) is 4.79 Å². The van der Waals surface area contributed by atoms with Gasteiger partial charge in [0.2, 0.25) is 0 Å². The van der Waals surface area contributed by atoms with E-state index < -0.39 is 0 Å². The van der Waals surface area contributed by atoms with Gasteiger partial charge in [-0.25, -0.2) is 14.8 Å². The van der Waals surface area contributed by atoms with Crippen LogP contribution < -0.4 is 5.63 Å². The first-order chi connectivity index (χ1) is 10.8. The van der Waals surface area contributed by atoms with Crippen LogP contribution in [-0.2, 0) is 18.6 Å². The van der Waals surface area contributed by atoms with Crippen LogP contribution in [0.3, 0.4) is 0 Å². The number of fused-ring (bicyclic) bond motifs is 2. The molecule has 0 unspecified atom stereocenters. The van der Waals surface area contributed by atoms with Gasteiger partial charge in [-0.1, -0.05) is 11.8 Å². The maximum absolute atomic E-state index is 11.8. The van der Waals surface area contributed by atoms with Gasteiger partial charge in [-0.3, -0.25) is 0 Å². The molecule has 4 rings (SSSR count). The highest BCUT2D eigenvalue weighted by Crippen LogP contribution is 2.30. The van der Waals surface area contributed by atoms with Crippen molar-refractivity contribution in [1.82, 2.24) is 9.97 Å². The third-order valence-electron chi connectivity index (χ3n) is 3.94. The number of nitrogens with zero attached hydrogens (tertiary/aromatic N) is 2. The molecule has 3 aromatic rings. The van der Waals surface area contributed by atoms with Crippen molar-refractivity contribution in [2.75, 3.05) is 0 Å². The molecule has 1 aliphatic carbocycles. The topological polar surface area (TPSA) is 56.0 Å². The summed E-state index contributed by atoms with van der Waals surface area (Å²) in [5.41, 5.74) is 4.07. The molecule has 110 valence electrons. The molecule has 0 N–H and O–H groups in total. The summed E-state index contributed by atoms with van der Waals surface area (Å²) in [6, 6.07) is 7.59. The monoisotopic (exact) mass is 310 g/mol. The first kappa shape index (κ1) is 13.5. The van der Waals surface area contributed by atoms with Crippen LogP contribution >= 0.6 is 11.8 Å². The maximum Gasteiger partial charge on any atom is 0.336 e. The van der Waals surface area contributed by atoms with E-state index in [2.05, 4.69) is 16.0 Å². The van der Waals surface area contributed by atoms with Gasteiger partial charge in [-0.15, -0.1) is 0 Å². The minimum Gasteiger partial charge on any atom is -0.423 e. The number of hydrogen-bond donors (Lipinski definition) is 0. The second-order valence-corrected chi connectivity index (χ2v) is 6.32. The van der Waals surface area contributed by atoms with Crippen molar-refractivity contribution in [2.45, 2.75) is 30.2 Å². The molecule has 0 aliphatic heterocycles. The molecule has 0 radical (unpaired) electrons. The van der Waals surface area contributed by atoms with Crippen molar-refractivity contribution in [3.05, 3.63) is 63.8 Å². The molecular weight excluding hydrogens is 296 g/mol. The lowest BCUT2D eigenvalue weighted by Gasteiger charge is -2.07. The van der Waals surface area contributed by atoms with Gasteiger partial charge in [-0.05, 0) is 54.2 Å². The zero-order chi connectivity index (χ0) is 14.9. The van der Waals surface area contributed by atoms with Gasteiger partial charge in [-0.2, -0.15) is 0 Å². The predicted molar refractivity (Wildman–Crippen MR) is 86.1 cm³/mol. The molecule has 0 saturated carbocycles. The molecule has 4 nitrogen and oxygen atoms in total. The molecule has 0 atom stereocenters. The van der Waals surface area contributed by atoms with Gasteiger partial charge < -0.3 is 4.42 Å². The van der Waals surface area contributed by atoms with Crippen LogP contribution in [0.15, 0.2) is 51.0 Å². The smallest absolute Gasteiger partial charge is 0.336 e. The standard InChI is InChI=1S/C17H14N2O2S/c20-16-9-13(10-22-17-18-5-2-6-19-17)14-7-11-3-1-4-12(11)8-15(14)21-16/h2,5-9H,1,3-4,10H2. The fourth-order valence-corrected chi connectivity index (χ4v) is 3.71. The molecule has 2 aromatic heterocycles. The van der Waals surface area contributed by atoms with E-state index in [1.165, 1.54) is 29.3 Å². The lowest BCUT2D eigenvalue weighted by atomic mass is 10.0. The molecule has 1 aromatic carbocycles. The lowest BCUT2D eigenvalue weighted by molar-refractivity contribution is 0.559. The van der Waals surface area contributed by atoms with Crippen LogP contribution in [0.2, 0.25) is 0 Å². The number of thioether (sulfide) groups is 1. The van der Waals surface area contributed by atoms with E-state index in [-0.39, 0.29) is 5.63 Å². The number of rotatable bonds is 3. The summed E-state index contributed by atoms with van der Waals surface area (Å²) >= 11 is 1.53. The number of hydrogen-bond acceptors (Lipinski definition) is 5. The van der Waals surface area contributed by atoms with E-state index in [1.807, 2.05) is 6.07 Å². The molecule has 0 saturated heterocycles. The molecule has 0 spiro atoms. The minimum absolute atomic E-state index is 0.296. The van der Waals surface area contributed by atoms with Crippen molar-refractivity contribution in [2.24, 2.45) is 0 Å². The van der Waals surface area contributed by atoms with Gasteiger partial charge in [0, 0.05) is 29.6 Å². The highest BCUT2D eigenvalue weighted by atomic mass is 32.2. The van der Waals surface area contributed by atoms with Crippen molar-refractivity contribution in [1.29, 1.82) is 0 Å². The Morgan fingerprint density at radius 3 is 2.68 bits per heavy atom.